The maximum Gasteiger partial charge on any atom is 0.293 e. The Kier molecular flexibility index (Phi) is 4.46. The molecule has 1 atom stereocenters. The Labute approximate surface area is 121 Å². The Balaban J connectivity index is 0.00000133. The van der Waals surface area contributed by atoms with Crippen LogP contribution in [0.3, 0.4) is 0 Å². The number of nitrogens with one attached hydrogen (secondary N) is 1. The molecular weight excluding hydrogens is 291 g/mol. The molecule has 3 heterocycles. The summed E-state index contributed by atoms with van der Waals surface area (Å²) < 4.78 is 10.4. The first-order valence-corrected chi connectivity index (χ1v) is 6.12. The fourth-order valence-corrected chi connectivity index (χ4v) is 2.14. The number of hydrogen-bond acceptors (Lipinski definition) is 6. The molecule has 104 valence electrons. The van der Waals surface area contributed by atoms with Crippen LogP contribution in [0.2, 0.25) is 5.22 Å². The van der Waals surface area contributed by atoms with Gasteiger partial charge in [-0.25, -0.2) is 0 Å². The highest BCUT2D eigenvalue weighted by molar-refractivity contribution is 6.28. The minimum Gasteiger partial charge on any atom is -0.440 e. The summed E-state index contributed by atoms with van der Waals surface area (Å²) in [5, 5.41) is 7.62. The van der Waals surface area contributed by atoms with Gasteiger partial charge < -0.3 is 14.3 Å². The highest BCUT2D eigenvalue weighted by Crippen LogP contribution is 2.25. The number of piperazine rings is 1. The van der Waals surface area contributed by atoms with Crippen LogP contribution in [-0.2, 0) is 0 Å². The molecule has 1 N–H and O–H groups in total. The Morgan fingerprint density at radius 2 is 2.32 bits per heavy atom. The van der Waals surface area contributed by atoms with Crippen LogP contribution in [0, 0.1) is 0 Å². The van der Waals surface area contributed by atoms with E-state index in [1.165, 1.54) is 0 Å². The first-order valence-electron chi connectivity index (χ1n) is 5.74. The molecule has 19 heavy (non-hydrogen) atoms. The molecule has 2 aromatic heterocycles. The molecule has 0 amide bonds. The van der Waals surface area contributed by atoms with Crippen LogP contribution in [0.15, 0.2) is 21.1 Å². The summed E-state index contributed by atoms with van der Waals surface area (Å²) in [7, 11) is 2.05. The van der Waals surface area contributed by atoms with Crippen molar-refractivity contribution in [2.75, 3.05) is 26.7 Å². The molecule has 6 nitrogen and oxygen atoms in total. The average molecular weight is 305 g/mol. The number of halogens is 2. The number of furan rings is 1. The minimum absolute atomic E-state index is 0. The van der Waals surface area contributed by atoms with Gasteiger partial charge in [-0.1, -0.05) is 5.16 Å². The highest BCUT2D eigenvalue weighted by atomic mass is 35.5. The van der Waals surface area contributed by atoms with Gasteiger partial charge >= 0.3 is 0 Å². The topological polar surface area (TPSA) is 67.3 Å². The lowest BCUT2D eigenvalue weighted by Gasteiger charge is -2.30. The van der Waals surface area contributed by atoms with Gasteiger partial charge in [-0.2, -0.15) is 4.98 Å². The summed E-state index contributed by atoms with van der Waals surface area (Å²) in [5.74, 6) is 1.51. The second kappa shape index (κ2) is 5.92. The molecule has 2 aromatic rings. The second-order valence-corrected chi connectivity index (χ2v) is 4.63. The molecule has 0 aliphatic carbocycles. The maximum absolute atomic E-state index is 5.71. The smallest absolute Gasteiger partial charge is 0.293 e. The molecule has 0 radical (unpaired) electrons. The quantitative estimate of drug-likeness (QED) is 0.915. The van der Waals surface area contributed by atoms with Gasteiger partial charge in [0.15, 0.2) is 16.8 Å². The van der Waals surface area contributed by atoms with Gasteiger partial charge in [0, 0.05) is 19.6 Å². The van der Waals surface area contributed by atoms with Gasteiger partial charge in [-0.15, -0.1) is 12.4 Å². The van der Waals surface area contributed by atoms with Crippen molar-refractivity contribution in [3.05, 3.63) is 23.2 Å². The Bertz CT molecular complexity index is 542. The largest absolute Gasteiger partial charge is 0.440 e. The zero-order valence-corrected chi connectivity index (χ0v) is 11.9. The summed E-state index contributed by atoms with van der Waals surface area (Å²) in [5.41, 5.74) is 0. The van der Waals surface area contributed by atoms with E-state index in [1.54, 1.807) is 12.1 Å². The monoisotopic (exact) mass is 304 g/mol. The number of hydrogen-bond donors (Lipinski definition) is 1. The highest BCUT2D eigenvalue weighted by Gasteiger charge is 2.26. The zero-order valence-electron chi connectivity index (χ0n) is 10.3. The van der Waals surface area contributed by atoms with Crippen molar-refractivity contribution in [1.29, 1.82) is 0 Å². The zero-order chi connectivity index (χ0) is 12.5. The number of nitrogens with zero attached hydrogens (tertiary/aromatic N) is 3. The Morgan fingerprint density at radius 1 is 1.47 bits per heavy atom. The molecule has 0 bridgehead atoms. The van der Waals surface area contributed by atoms with Crippen molar-refractivity contribution >= 4 is 24.0 Å². The van der Waals surface area contributed by atoms with Crippen LogP contribution in [0.4, 0.5) is 0 Å². The average Bonchev–Trinajstić information content (AvgIpc) is 2.98. The van der Waals surface area contributed by atoms with Crippen LogP contribution in [0.5, 0.6) is 0 Å². The Hall–Kier alpha value is -1.08. The third kappa shape index (κ3) is 2.92. The fourth-order valence-electron chi connectivity index (χ4n) is 1.99. The van der Waals surface area contributed by atoms with Crippen molar-refractivity contribution < 1.29 is 8.94 Å². The predicted molar refractivity (Wildman–Crippen MR) is 72.5 cm³/mol. The molecule has 1 aliphatic rings. The van der Waals surface area contributed by atoms with Gasteiger partial charge in [0.2, 0.25) is 0 Å². The molecule has 1 unspecified atom stereocenters. The molecule has 0 aromatic carbocycles. The summed E-state index contributed by atoms with van der Waals surface area (Å²) in [6.07, 6.45) is 0. The van der Waals surface area contributed by atoms with Crippen LogP contribution in [0.25, 0.3) is 11.7 Å². The van der Waals surface area contributed by atoms with Gasteiger partial charge in [-0.05, 0) is 30.8 Å². The molecule has 0 spiro atoms. The van der Waals surface area contributed by atoms with E-state index in [0.717, 1.165) is 19.6 Å². The van der Waals surface area contributed by atoms with Crippen molar-refractivity contribution in [2.24, 2.45) is 0 Å². The third-order valence-electron chi connectivity index (χ3n) is 3.03. The maximum atomic E-state index is 5.71. The van der Waals surface area contributed by atoms with Crippen LogP contribution in [-0.4, -0.2) is 41.7 Å². The third-order valence-corrected chi connectivity index (χ3v) is 3.24. The standard InChI is InChI=1S/C11H13ClN4O2.ClH/c1-16-5-4-13-6-7(16)10-14-11(18-15-10)8-2-3-9(12)17-8;/h2-3,7,13H,4-6H2,1H3;1H. The fraction of sp³-hybridized carbons (Fsp3) is 0.455. The van der Waals surface area contributed by atoms with Gasteiger partial charge in [0.05, 0.1) is 6.04 Å². The van der Waals surface area contributed by atoms with Gasteiger partial charge in [0.1, 0.15) is 0 Å². The first kappa shape index (κ1) is 14.3. The lowest BCUT2D eigenvalue weighted by atomic mass is 10.2. The van der Waals surface area contributed by atoms with Crippen LogP contribution >= 0.6 is 24.0 Å². The lowest BCUT2D eigenvalue weighted by molar-refractivity contribution is 0.190. The number of rotatable bonds is 2. The van der Waals surface area contributed by atoms with Crippen LogP contribution < -0.4 is 5.32 Å². The summed E-state index contributed by atoms with van der Waals surface area (Å²) in [4.78, 5) is 6.55. The number of likely N-dealkylation sites (N-methyl/N-ethyl adjacent to an activating group) is 1. The second-order valence-electron chi connectivity index (χ2n) is 4.26. The molecule has 1 saturated heterocycles. The van der Waals surface area contributed by atoms with Crippen molar-refractivity contribution in [1.82, 2.24) is 20.4 Å². The van der Waals surface area contributed by atoms with E-state index < -0.39 is 0 Å². The number of aromatic nitrogens is 2. The summed E-state index contributed by atoms with van der Waals surface area (Å²) in [6, 6.07) is 3.49. The molecule has 1 aliphatic heterocycles. The molecule has 0 saturated carbocycles. The molecule has 3 rings (SSSR count). The minimum atomic E-state index is 0. The van der Waals surface area contributed by atoms with Crippen molar-refractivity contribution in [2.45, 2.75) is 6.04 Å². The van der Waals surface area contributed by atoms with E-state index in [9.17, 15) is 0 Å². The summed E-state index contributed by atoms with van der Waals surface area (Å²) in [6.45, 7) is 2.75. The molecule has 8 heteroatoms. The summed E-state index contributed by atoms with van der Waals surface area (Å²) >= 11 is 5.71. The normalized spacial score (nSPS) is 20.2. The van der Waals surface area contributed by atoms with Crippen molar-refractivity contribution in [3.8, 4) is 11.7 Å². The van der Waals surface area contributed by atoms with Crippen LogP contribution in [0.1, 0.15) is 11.9 Å². The van der Waals surface area contributed by atoms with E-state index >= 15 is 0 Å². The predicted octanol–water partition coefficient (Wildman–Crippen LogP) is 1.98. The van der Waals surface area contributed by atoms with E-state index in [0.29, 0.717) is 22.7 Å². The van der Waals surface area contributed by atoms with Gasteiger partial charge in [0.25, 0.3) is 5.89 Å². The van der Waals surface area contributed by atoms with E-state index in [-0.39, 0.29) is 18.4 Å². The first-order chi connectivity index (χ1) is 8.74. The van der Waals surface area contributed by atoms with Gasteiger partial charge in [-0.3, -0.25) is 4.90 Å². The SMILES string of the molecule is CN1CCNCC1c1noc(-c2ccc(Cl)o2)n1.Cl. The van der Waals surface area contributed by atoms with Crippen molar-refractivity contribution in [3.63, 3.8) is 0 Å². The molecular formula is C11H14Cl2N4O2. The van der Waals surface area contributed by atoms with E-state index in [1.807, 2.05) is 7.05 Å². The van der Waals surface area contributed by atoms with E-state index in [2.05, 4.69) is 20.4 Å². The lowest BCUT2D eigenvalue weighted by Crippen LogP contribution is -2.44. The molecule has 1 fully saturated rings. The Morgan fingerprint density at radius 3 is 3.00 bits per heavy atom. The van der Waals surface area contributed by atoms with E-state index in [4.69, 9.17) is 20.5 Å².